The summed E-state index contributed by atoms with van der Waals surface area (Å²) in [5.41, 5.74) is 10.9. The number of benzene rings is 6. The molecule has 290 valence electrons. The molecule has 7 heteroatoms. The third kappa shape index (κ3) is 6.96. The highest BCUT2D eigenvalue weighted by Gasteiger charge is 2.22. The van der Waals surface area contributed by atoms with Gasteiger partial charge in [-0.3, -0.25) is 0 Å². The summed E-state index contributed by atoms with van der Waals surface area (Å²) in [4.78, 5) is 31.0. The third-order valence-corrected chi connectivity index (χ3v) is 11.4. The van der Waals surface area contributed by atoms with Crippen LogP contribution in [0.5, 0.6) is 0 Å². The molecule has 2 aliphatic carbocycles. The summed E-state index contributed by atoms with van der Waals surface area (Å²) in [5, 5.41) is 2.45. The van der Waals surface area contributed by atoms with Crippen LogP contribution in [0.15, 0.2) is 188 Å². The van der Waals surface area contributed by atoms with Crippen LogP contribution in [0.3, 0.4) is 0 Å². The Morgan fingerprint density at radius 3 is 1.38 bits per heavy atom. The van der Waals surface area contributed by atoms with Gasteiger partial charge >= 0.3 is 0 Å². The van der Waals surface area contributed by atoms with Crippen LogP contribution in [-0.4, -0.2) is 34.5 Å². The fourth-order valence-corrected chi connectivity index (χ4v) is 8.37. The topological polar surface area (TPSA) is 82.3 Å². The molecular weight excluding hydrogens is 747 g/mol. The number of para-hydroxylation sites is 2. The summed E-state index contributed by atoms with van der Waals surface area (Å²) in [6.45, 7) is 0. The Labute approximate surface area is 353 Å². The van der Waals surface area contributed by atoms with Crippen molar-refractivity contribution < 1.29 is 0 Å². The van der Waals surface area contributed by atoms with Crippen molar-refractivity contribution in [1.29, 1.82) is 0 Å². The summed E-state index contributed by atoms with van der Waals surface area (Å²) in [5.74, 6) is 3.55. The SMILES string of the molecule is C1=CC(c2nc(-c3ccccc3)nc(-c3ccc(-c4cccc(-n5c6ccccc6c6ccccc65)c4)cc3-c3nc(C4=CCCC=C4)nc(-c4ccccc4)n3)n2)=CCC1. The molecule has 0 unspecified atom stereocenters. The standard InChI is InChI=1S/C54H39N7/c1-5-18-36(19-6-1)49-55-50(37-20-7-2-8-21-37)58-53(57-49)45-33-32-41(40-26-17-27-42(34-40)61-47-30-15-13-28-43(47)44-29-14-16-31-48(44)61)35-46(45)54-59-51(38-22-9-3-10-23-38)56-52(60-54)39-24-11-4-12-25-39/h1,3,5-7,9-11,13-35H,2,4,8,12H2. The third-order valence-electron chi connectivity index (χ3n) is 11.4. The van der Waals surface area contributed by atoms with Crippen molar-refractivity contribution in [3.8, 4) is 62.4 Å². The lowest BCUT2D eigenvalue weighted by Gasteiger charge is -2.16. The van der Waals surface area contributed by atoms with Gasteiger partial charge in [-0.05, 0) is 73.2 Å². The fraction of sp³-hybridized carbons (Fsp3) is 0.0741. The maximum absolute atomic E-state index is 5.25. The van der Waals surface area contributed by atoms with Gasteiger partial charge in [0.05, 0.1) is 11.0 Å². The first-order valence-corrected chi connectivity index (χ1v) is 20.8. The molecule has 9 aromatic rings. The smallest absolute Gasteiger partial charge is 0.164 e. The monoisotopic (exact) mass is 785 g/mol. The molecule has 6 aromatic carbocycles. The predicted molar refractivity (Wildman–Crippen MR) is 247 cm³/mol. The fourth-order valence-electron chi connectivity index (χ4n) is 8.37. The summed E-state index contributed by atoms with van der Waals surface area (Å²) >= 11 is 0. The van der Waals surface area contributed by atoms with Crippen LogP contribution in [0, 0.1) is 0 Å². The van der Waals surface area contributed by atoms with E-state index in [-0.39, 0.29) is 0 Å². The van der Waals surface area contributed by atoms with E-state index in [2.05, 4.69) is 132 Å². The predicted octanol–water partition coefficient (Wildman–Crippen LogP) is 13.0. The Morgan fingerprint density at radius 1 is 0.344 bits per heavy atom. The molecule has 0 fully saturated rings. The molecular formula is C54H39N7. The highest BCUT2D eigenvalue weighted by molar-refractivity contribution is 6.09. The first kappa shape index (κ1) is 36.2. The van der Waals surface area contributed by atoms with Crippen molar-refractivity contribution >= 4 is 33.0 Å². The Balaban J connectivity index is 1.14. The van der Waals surface area contributed by atoms with Crippen LogP contribution in [-0.2, 0) is 0 Å². The number of aromatic nitrogens is 7. The summed E-state index contributed by atoms with van der Waals surface area (Å²) in [6.07, 6.45) is 16.9. The summed E-state index contributed by atoms with van der Waals surface area (Å²) in [7, 11) is 0. The molecule has 3 heterocycles. The minimum Gasteiger partial charge on any atom is -0.309 e. The van der Waals surface area contributed by atoms with Gasteiger partial charge in [0.1, 0.15) is 0 Å². The first-order chi connectivity index (χ1) is 30.2. The maximum atomic E-state index is 5.25. The lowest BCUT2D eigenvalue weighted by atomic mass is 9.97. The van der Waals surface area contributed by atoms with Gasteiger partial charge in [-0.2, -0.15) is 0 Å². The lowest BCUT2D eigenvalue weighted by molar-refractivity contribution is 0.999. The van der Waals surface area contributed by atoms with E-state index >= 15 is 0 Å². The van der Waals surface area contributed by atoms with Crippen LogP contribution < -0.4 is 0 Å². The second-order valence-electron chi connectivity index (χ2n) is 15.3. The maximum Gasteiger partial charge on any atom is 0.164 e. The summed E-state index contributed by atoms with van der Waals surface area (Å²) in [6, 6.07) is 52.6. The number of fused-ring (bicyclic) bond motifs is 3. The van der Waals surface area contributed by atoms with Gasteiger partial charge in [0.2, 0.25) is 0 Å². The molecule has 0 saturated heterocycles. The summed E-state index contributed by atoms with van der Waals surface area (Å²) < 4.78 is 2.35. The van der Waals surface area contributed by atoms with Crippen molar-refractivity contribution in [2.75, 3.05) is 0 Å². The molecule has 0 amide bonds. The average Bonchev–Trinajstić information content (AvgIpc) is 3.69. The molecule has 2 aliphatic rings. The van der Waals surface area contributed by atoms with Gasteiger partial charge in [-0.1, -0.05) is 152 Å². The molecule has 0 saturated carbocycles. The van der Waals surface area contributed by atoms with Crippen LogP contribution in [0.2, 0.25) is 0 Å². The highest BCUT2D eigenvalue weighted by Crippen LogP contribution is 2.38. The first-order valence-electron chi connectivity index (χ1n) is 20.8. The zero-order chi connectivity index (χ0) is 40.5. The van der Waals surface area contributed by atoms with Crippen molar-refractivity contribution in [3.05, 3.63) is 200 Å². The number of nitrogens with zero attached hydrogens (tertiary/aromatic N) is 7. The molecule has 11 rings (SSSR count). The normalized spacial score (nSPS) is 13.7. The van der Waals surface area contributed by atoms with Gasteiger partial charge in [-0.15, -0.1) is 0 Å². The van der Waals surface area contributed by atoms with Crippen molar-refractivity contribution in [2.24, 2.45) is 0 Å². The van der Waals surface area contributed by atoms with Gasteiger partial charge in [0, 0.05) is 49.9 Å². The molecule has 0 spiro atoms. The molecule has 7 nitrogen and oxygen atoms in total. The van der Waals surface area contributed by atoms with Gasteiger partial charge < -0.3 is 4.57 Å². The van der Waals surface area contributed by atoms with E-state index < -0.39 is 0 Å². The minimum absolute atomic E-state index is 0.541. The van der Waals surface area contributed by atoms with E-state index in [4.69, 9.17) is 29.9 Å². The zero-order valence-corrected chi connectivity index (χ0v) is 33.4. The van der Waals surface area contributed by atoms with Gasteiger partial charge in [-0.25, -0.2) is 29.9 Å². The number of hydrogen-bond acceptors (Lipinski definition) is 6. The Bertz CT molecular complexity index is 3190. The lowest BCUT2D eigenvalue weighted by Crippen LogP contribution is -2.06. The molecule has 3 aromatic heterocycles. The second kappa shape index (κ2) is 15.7. The highest BCUT2D eigenvalue weighted by atomic mass is 15.1. The number of allylic oxidation sites excluding steroid dienone is 8. The molecule has 0 atom stereocenters. The quantitative estimate of drug-likeness (QED) is 0.153. The zero-order valence-electron chi connectivity index (χ0n) is 33.4. The molecule has 0 radical (unpaired) electrons. The largest absolute Gasteiger partial charge is 0.309 e. The van der Waals surface area contributed by atoms with Crippen molar-refractivity contribution in [1.82, 2.24) is 34.5 Å². The van der Waals surface area contributed by atoms with Crippen molar-refractivity contribution in [2.45, 2.75) is 25.7 Å². The Morgan fingerprint density at radius 2 is 0.820 bits per heavy atom. The van der Waals surface area contributed by atoms with E-state index in [1.165, 1.54) is 10.8 Å². The van der Waals surface area contributed by atoms with Crippen LogP contribution in [0.4, 0.5) is 0 Å². The second-order valence-corrected chi connectivity index (χ2v) is 15.3. The Kier molecular flexibility index (Phi) is 9.31. The van der Waals surface area contributed by atoms with Gasteiger partial charge in [0.15, 0.2) is 34.9 Å². The van der Waals surface area contributed by atoms with Crippen LogP contribution >= 0.6 is 0 Å². The molecule has 0 N–H and O–H groups in total. The Hall–Kier alpha value is -7.90. The number of rotatable bonds is 8. The average molecular weight is 786 g/mol. The molecule has 0 aliphatic heterocycles. The van der Waals surface area contributed by atoms with E-state index in [1.54, 1.807) is 0 Å². The number of hydrogen-bond donors (Lipinski definition) is 0. The molecule has 0 bridgehead atoms. The van der Waals surface area contributed by atoms with Crippen molar-refractivity contribution in [3.63, 3.8) is 0 Å². The molecule has 61 heavy (non-hydrogen) atoms. The van der Waals surface area contributed by atoms with E-state index in [0.29, 0.717) is 34.9 Å². The van der Waals surface area contributed by atoms with Crippen LogP contribution in [0.1, 0.15) is 37.3 Å². The van der Waals surface area contributed by atoms with E-state index in [0.717, 1.165) is 86.9 Å². The minimum atomic E-state index is 0.541. The van der Waals surface area contributed by atoms with E-state index in [1.807, 2.05) is 60.7 Å². The van der Waals surface area contributed by atoms with Crippen LogP contribution in [0.25, 0.3) is 95.3 Å². The van der Waals surface area contributed by atoms with Gasteiger partial charge in [0.25, 0.3) is 0 Å². The van der Waals surface area contributed by atoms with E-state index in [9.17, 15) is 0 Å².